The fourth-order valence-corrected chi connectivity index (χ4v) is 1.36. The van der Waals surface area contributed by atoms with Crippen LogP contribution in [0.1, 0.15) is 33.3 Å². The van der Waals surface area contributed by atoms with Crippen molar-refractivity contribution in [2.75, 3.05) is 0 Å². The van der Waals surface area contributed by atoms with Crippen LogP contribution in [0.15, 0.2) is 30.3 Å². The van der Waals surface area contributed by atoms with Crippen molar-refractivity contribution in [3.8, 4) is 6.07 Å². The van der Waals surface area contributed by atoms with E-state index in [-0.39, 0.29) is 10.8 Å². The van der Waals surface area contributed by atoms with Crippen molar-refractivity contribution in [1.29, 1.82) is 5.26 Å². The Labute approximate surface area is 86.4 Å². The molecule has 1 rings (SSSR count). The highest BCUT2D eigenvalue weighted by Crippen LogP contribution is 2.40. The molecule has 1 heteroatoms. The number of nitriles is 1. The van der Waals surface area contributed by atoms with Gasteiger partial charge in [0.05, 0.1) is 11.5 Å². The van der Waals surface area contributed by atoms with Crippen LogP contribution in [0.5, 0.6) is 0 Å². The zero-order chi connectivity index (χ0) is 10.8. The van der Waals surface area contributed by atoms with Crippen molar-refractivity contribution < 1.29 is 0 Å². The van der Waals surface area contributed by atoms with E-state index in [9.17, 15) is 0 Å². The molecule has 14 heavy (non-hydrogen) atoms. The van der Waals surface area contributed by atoms with Crippen molar-refractivity contribution in [3.63, 3.8) is 0 Å². The molecule has 0 spiro atoms. The van der Waals surface area contributed by atoms with Crippen LogP contribution < -0.4 is 0 Å². The van der Waals surface area contributed by atoms with Gasteiger partial charge in [0.2, 0.25) is 0 Å². The summed E-state index contributed by atoms with van der Waals surface area (Å²) in [5, 5.41) is 9.14. The molecule has 0 aliphatic carbocycles. The lowest BCUT2D eigenvalue weighted by molar-refractivity contribution is 0.278. The van der Waals surface area contributed by atoms with Crippen LogP contribution in [0, 0.1) is 16.7 Å². The average molecular weight is 187 g/mol. The first-order valence-electron chi connectivity index (χ1n) is 4.88. The van der Waals surface area contributed by atoms with Gasteiger partial charge in [-0.05, 0) is 19.4 Å². The fourth-order valence-electron chi connectivity index (χ4n) is 1.36. The topological polar surface area (TPSA) is 23.8 Å². The van der Waals surface area contributed by atoms with E-state index >= 15 is 0 Å². The van der Waals surface area contributed by atoms with Crippen molar-refractivity contribution in [2.45, 2.75) is 33.1 Å². The molecule has 0 bridgehead atoms. The van der Waals surface area contributed by atoms with Gasteiger partial charge in [0.1, 0.15) is 0 Å². The van der Waals surface area contributed by atoms with Crippen molar-refractivity contribution in [3.05, 3.63) is 35.9 Å². The fraction of sp³-hybridized carbons (Fsp3) is 0.462. The molecule has 0 fully saturated rings. The molecule has 0 aliphatic heterocycles. The third-order valence-corrected chi connectivity index (χ3v) is 3.34. The van der Waals surface area contributed by atoms with E-state index in [4.69, 9.17) is 5.26 Å². The van der Waals surface area contributed by atoms with E-state index in [1.54, 1.807) is 0 Å². The molecule has 1 aromatic carbocycles. The molecule has 0 saturated carbocycles. The minimum absolute atomic E-state index is 0.122. The molecular formula is C13H17N. The van der Waals surface area contributed by atoms with Gasteiger partial charge < -0.3 is 0 Å². The standard InChI is InChI=1S/C13H17N/c1-12(2,10-14)13(3,4)11-8-6-5-7-9-11/h5-9H,1-4H3. The quantitative estimate of drug-likeness (QED) is 0.695. The summed E-state index contributed by atoms with van der Waals surface area (Å²) in [6, 6.07) is 12.6. The Bertz CT molecular complexity index is 341. The Morgan fingerprint density at radius 3 is 1.93 bits per heavy atom. The van der Waals surface area contributed by atoms with E-state index in [2.05, 4.69) is 32.0 Å². The van der Waals surface area contributed by atoms with E-state index in [1.807, 2.05) is 32.0 Å². The maximum Gasteiger partial charge on any atom is 0.0693 e. The number of hydrogen-bond donors (Lipinski definition) is 0. The van der Waals surface area contributed by atoms with E-state index in [0.717, 1.165) is 0 Å². The number of nitrogens with zero attached hydrogens (tertiary/aromatic N) is 1. The second-order valence-corrected chi connectivity index (χ2v) is 4.73. The lowest BCUT2D eigenvalue weighted by Gasteiger charge is -2.36. The first-order chi connectivity index (χ1) is 6.42. The third-order valence-electron chi connectivity index (χ3n) is 3.34. The zero-order valence-corrected chi connectivity index (χ0v) is 9.33. The predicted octanol–water partition coefficient (Wildman–Crippen LogP) is 3.51. The summed E-state index contributed by atoms with van der Waals surface area (Å²) in [6.45, 7) is 8.21. The summed E-state index contributed by atoms with van der Waals surface area (Å²) >= 11 is 0. The Morgan fingerprint density at radius 2 is 1.50 bits per heavy atom. The van der Waals surface area contributed by atoms with Crippen LogP contribution in [-0.4, -0.2) is 0 Å². The van der Waals surface area contributed by atoms with E-state index in [1.165, 1.54) is 5.56 Å². The molecule has 0 aromatic heterocycles. The van der Waals surface area contributed by atoms with Crippen molar-refractivity contribution >= 4 is 0 Å². The van der Waals surface area contributed by atoms with Crippen LogP contribution in [0.4, 0.5) is 0 Å². The van der Waals surface area contributed by atoms with Gasteiger partial charge in [0.25, 0.3) is 0 Å². The lowest BCUT2D eigenvalue weighted by Crippen LogP contribution is -2.35. The molecule has 0 radical (unpaired) electrons. The molecule has 1 aromatic rings. The minimum atomic E-state index is -0.353. The van der Waals surface area contributed by atoms with Crippen LogP contribution in [0.25, 0.3) is 0 Å². The number of hydrogen-bond acceptors (Lipinski definition) is 1. The first kappa shape index (κ1) is 10.8. The van der Waals surface area contributed by atoms with Gasteiger partial charge in [0, 0.05) is 5.41 Å². The molecule has 0 aliphatic rings. The molecule has 74 valence electrons. The second kappa shape index (κ2) is 3.46. The Kier molecular flexibility index (Phi) is 2.66. The van der Waals surface area contributed by atoms with E-state index in [0.29, 0.717) is 0 Å². The SMILES string of the molecule is CC(C)(C#N)C(C)(C)c1ccccc1. The van der Waals surface area contributed by atoms with Gasteiger partial charge in [0.15, 0.2) is 0 Å². The summed E-state index contributed by atoms with van der Waals surface area (Å²) in [5.41, 5.74) is 0.740. The Balaban J connectivity index is 3.16. The maximum absolute atomic E-state index is 9.14. The average Bonchev–Trinajstić information content (AvgIpc) is 2.19. The van der Waals surface area contributed by atoms with Gasteiger partial charge in [-0.2, -0.15) is 5.26 Å². The number of rotatable bonds is 2. The van der Waals surface area contributed by atoms with Gasteiger partial charge in [-0.1, -0.05) is 44.2 Å². The molecule has 1 nitrogen and oxygen atoms in total. The van der Waals surface area contributed by atoms with Crippen LogP contribution in [0.3, 0.4) is 0 Å². The normalized spacial score (nSPS) is 12.2. The molecule has 0 N–H and O–H groups in total. The van der Waals surface area contributed by atoms with Crippen LogP contribution in [-0.2, 0) is 5.41 Å². The maximum atomic E-state index is 9.14. The minimum Gasteiger partial charge on any atom is -0.198 e. The van der Waals surface area contributed by atoms with E-state index < -0.39 is 0 Å². The highest BCUT2D eigenvalue weighted by Gasteiger charge is 2.38. The zero-order valence-electron chi connectivity index (χ0n) is 9.33. The summed E-state index contributed by atoms with van der Waals surface area (Å²) in [7, 11) is 0. The third kappa shape index (κ3) is 1.65. The Morgan fingerprint density at radius 1 is 1.00 bits per heavy atom. The molecule has 0 amide bonds. The van der Waals surface area contributed by atoms with Crippen LogP contribution in [0.2, 0.25) is 0 Å². The molecule has 0 atom stereocenters. The summed E-state index contributed by atoms with van der Waals surface area (Å²) in [4.78, 5) is 0. The largest absolute Gasteiger partial charge is 0.198 e. The van der Waals surface area contributed by atoms with Crippen molar-refractivity contribution in [1.82, 2.24) is 0 Å². The molecular weight excluding hydrogens is 170 g/mol. The summed E-state index contributed by atoms with van der Waals surface area (Å²) in [6.07, 6.45) is 0. The highest BCUT2D eigenvalue weighted by molar-refractivity contribution is 5.28. The van der Waals surface area contributed by atoms with Gasteiger partial charge in [-0.3, -0.25) is 0 Å². The van der Waals surface area contributed by atoms with Crippen molar-refractivity contribution in [2.24, 2.45) is 5.41 Å². The summed E-state index contributed by atoms with van der Waals surface area (Å²) < 4.78 is 0. The second-order valence-electron chi connectivity index (χ2n) is 4.73. The lowest BCUT2D eigenvalue weighted by atomic mass is 9.65. The predicted molar refractivity (Wildman–Crippen MR) is 58.9 cm³/mol. The Hall–Kier alpha value is -1.29. The molecule has 0 heterocycles. The first-order valence-corrected chi connectivity index (χ1v) is 4.88. The monoisotopic (exact) mass is 187 g/mol. The smallest absolute Gasteiger partial charge is 0.0693 e. The van der Waals surface area contributed by atoms with Gasteiger partial charge >= 0.3 is 0 Å². The van der Waals surface area contributed by atoms with Gasteiger partial charge in [-0.15, -0.1) is 0 Å². The van der Waals surface area contributed by atoms with Gasteiger partial charge in [-0.25, -0.2) is 0 Å². The van der Waals surface area contributed by atoms with Crippen LogP contribution >= 0.6 is 0 Å². The summed E-state index contributed by atoms with van der Waals surface area (Å²) in [5.74, 6) is 0. The molecule has 0 saturated heterocycles. The number of benzene rings is 1. The highest BCUT2D eigenvalue weighted by atomic mass is 14.4. The molecule has 0 unspecified atom stereocenters.